The molecule has 348 valence electrons. The van der Waals surface area contributed by atoms with Gasteiger partial charge in [-0.15, -0.1) is 0 Å². The summed E-state index contributed by atoms with van der Waals surface area (Å²) >= 11 is 0. The van der Waals surface area contributed by atoms with Gasteiger partial charge in [-0.3, -0.25) is 9.59 Å². The molecule has 0 aromatic rings. The molecule has 7 nitrogen and oxygen atoms in total. The SMILES string of the molecule is CCCCCCCC/C=C\CCCCCCCCCCCC(=O)OC(CCCCCCCCCCCCCCCC)CCCCCCCC(=O)NC(CCCN)C(=O)O. The van der Waals surface area contributed by atoms with Crippen molar-refractivity contribution in [3.63, 3.8) is 0 Å². The number of carbonyl (C=O) groups excluding carboxylic acids is 2. The minimum absolute atomic E-state index is 0.0153. The first-order valence-corrected chi connectivity index (χ1v) is 26.0. The van der Waals surface area contributed by atoms with Gasteiger partial charge in [0.05, 0.1) is 0 Å². The second-order valence-corrected chi connectivity index (χ2v) is 17.9. The van der Waals surface area contributed by atoms with Crippen LogP contribution >= 0.6 is 0 Å². The Morgan fingerprint density at radius 1 is 0.475 bits per heavy atom. The van der Waals surface area contributed by atoms with Crippen molar-refractivity contribution in [2.75, 3.05) is 6.54 Å². The normalized spacial score (nSPS) is 12.6. The number of carboxylic acids is 1. The number of unbranched alkanes of at least 4 members (excludes halogenated alkanes) is 32. The summed E-state index contributed by atoms with van der Waals surface area (Å²) in [6.45, 7) is 4.97. The molecule has 0 rings (SSSR count). The molecule has 0 aromatic carbocycles. The molecule has 0 saturated carbocycles. The summed E-state index contributed by atoms with van der Waals surface area (Å²) in [5.74, 6) is -1.21. The number of hydrogen-bond acceptors (Lipinski definition) is 5. The molecule has 59 heavy (non-hydrogen) atoms. The molecule has 0 saturated heterocycles. The van der Waals surface area contributed by atoms with Gasteiger partial charge in [0.15, 0.2) is 0 Å². The Morgan fingerprint density at radius 3 is 1.22 bits per heavy atom. The highest BCUT2D eigenvalue weighted by atomic mass is 16.5. The number of nitrogens with one attached hydrogen (secondary N) is 1. The van der Waals surface area contributed by atoms with E-state index in [-0.39, 0.29) is 18.0 Å². The maximum absolute atomic E-state index is 12.9. The number of ether oxygens (including phenoxy) is 1. The lowest BCUT2D eigenvalue weighted by atomic mass is 10.0. The van der Waals surface area contributed by atoms with Crippen LogP contribution in [0.4, 0.5) is 0 Å². The fraction of sp³-hybridized carbons (Fsp3) is 0.904. The first-order chi connectivity index (χ1) is 28.9. The van der Waals surface area contributed by atoms with Crippen LogP contribution in [0.3, 0.4) is 0 Å². The molecule has 0 spiro atoms. The van der Waals surface area contributed by atoms with Crippen molar-refractivity contribution in [3.8, 4) is 0 Å². The Hall–Kier alpha value is -1.89. The van der Waals surface area contributed by atoms with Crippen molar-refractivity contribution >= 4 is 17.8 Å². The number of esters is 1. The predicted octanol–water partition coefficient (Wildman–Crippen LogP) is 15.4. The second kappa shape index (κ2) is 47.2. The van der Waals surface area contributed by atoms with Crippen LogP contribution in [0.2, 0.25) is 0 Å². The van der Waals surface area contributed by atoms with E-state index < -0.39 is 12.0 Å². The lowest BCUT2D eigenvalue weighted by Crippen LogP contribution is -2.40. The number of nitrogens with two attached hydrogens (primary N) is 1. The molecule has 0 heterocycles. The van der Waals surface area contributed by atoms with E-state index in [0.717, 1.165) is 64.2 Å². The summed E-state index contributed by atoms with van der Waals surface area (Å²) in [4.78, 5) is 36.6. The fourth-order valence-electron chi connectivity index (χ4n) is 8.15. The van der Waals surface area contributed by atoms with Gasteiger partial charge in [-0.1, -0.05) is 206 Å². The Morgan fingerprint density at radius 2 is 0.831 bits per heavy atom. The van der Waals surface area contributed by atoms with Gasteiger partial charge in [-0.05, 0) is 83.6 Å². The molecular weight excluding hydrogens is 733 g/mol. The van der Waals surface area contributed by atoms with E-state index in [2.05, 4.69) is 31.3 Å². The zero-order valence-electron chi connectivity index (χ0n) is 39.4. The zero-order valence-corrected chi connectivity index (χ0v) is 39.4. The van der Waals surface area contributed by atoms with Crippen LogP contribution in [0.25, 0.3) is 0 Å². The highest BCUT2D eigenvalue weighted by Crippen LogP contribution is 2.20. The van der Waals surface area contributed by atoms with Crippen LogP contribution in [0.5, 0.6) is 0 Å². The number of hydrogen-bond donors (Lipinski definition) is 3. The number of allylic oxidation sites excluding steroid dienone is 2. The maximum Gasteiger partial charge on any atom is 0.326 e. The van der Waals surface area contributed by atoms with E-state index in [1.165, 1.54) is 180 Å². The smallest absolute Gasteiger partial charge is 0.326 e. The topological polar surface area (TPSA) is 119 Å². The Balaban J connectivity index is 4.24. The Kier molecular flexibility index (Phi) is 45.7. The van der Waals surface area contributed by atoms with Gasteiger partial charge >= 0.3 is 11.9 Å². The van der Waals surface area contributed by atoms with Crippen molar-refractivity contribution in [2.24, 2.45) is 5.73 Å². The lowest BCUT2D eigenvalue weighted by molar-refractivity contribution is -0.150. The van der Waals surface area contributed by atoms with E-state index in [1.54, 1.807) is 0 Å². The second-order valence-electron chi connectivity index (χ2n) is 17.9. The van der Waals surface area contributed by atoms with Crippen molar-refractivity contribution in [1.29, 1.82) is 0 Å². The van der Waals surface area contributed by atoms with Crippen LogP contribution < -0.4 is 11.1 Å². The quantitative estimate of drug-likeness (QED) is 0.0319. The lowest BCUT2D eigenvalue weighted by Gasteiger charge is -2.18. The Bertz CT molecular complexity index is 940. The minimum atomic E-state index is -1.000. The standard InChI is InChI=1S/C52H100N2O5/c1-3-5-7-9-11-13-15-17-19-20-21-22-23-25-27-29-31-36-40-46-51(56)59-48(42-37-33-30-28-26-24-18-16-14-12-10-8-6-4-2)43-38-34-32-35-39-45-50(55)54-49(52(57)58)44-41-47-53/h17,19,48-49H,3-16,18,20-47,53H2,1-2H3,(H,54,55)(H,57,58)/b19-17-. The van der Waals surface area contributed by atoms with Gasteiger partial charge < -0.3 is 20.9 Å². The van der Waals surface area contributed by atoms with Crippen molar-refractivity contribution in [3.05, 3.63) is 12.2 Å². The number of carbonyl (C=O) groups is 3. The fourth-order valence-corrected chi connectivity index (χ4v) is 8.15. The molecule has 0 bridgehead atoms. The van der Waals surface area contributed by atoms with Crippen molar-refractivity contribution in [2.45, 2.75) is 296 Å². The predicted molar refractivity (Wildman–Crippen MR) is 253 cm³/mol. The van der Waals surface area contributed by atoms with Gasteiger partial charge in [-0.2, -0.15) is 0 Å². The average Bonchev–Trinajstić information content (AvgIpc) is 3.22. The van der Waals surface area contributed by atoms with Crippen LogP contribution in [0.15, 0.2) is 12.2 Å². The molecule has 0 radical (unpaired) electrons. The molecule has 2 unspecified atom stereocenters. The summed E-state index contributed by atoms with van der Waals surface area (Å²) in [5.41, 5.74) is 5.50. The van der Waals surface area contributed by atoms with Crippen LogP contribution in [-0.4, -0.2) is 41.6 Å². The third kappa shape index (κ3) is 44.0. The van der Waals surface area contributed by atoms with Crippen molar-refractivity contribution < 1.29 is 24.2 Å². The number of carboxylic acid groups (broad SMARTS) is 1. The van der Waals surface area contributed by atoms with Gasteiger partial charge in [0.1, 0.15) is 12.1 Å². The molecule has 0 aliphatic heterocycles. The molecule has 2 atom stereocenters. The van der Waals surface area contributed by atoms with E-state index in [0.29, 0.717) is 32.2 Å². The number of amides is 1. The average molecular weight is 833 g/mol. The first kappa shape index (κ1) is 57.1. The molecule has 4 N–H and O–H groups in total. The largest absolute Gasteiger partial charge is 0.480 e. The summed E-state index contributed by atoms with van der Waals surface area (Å²) in [5, 5.41) is 12.0. The highest BCUT2D eigenvalue weighted by Gasteiger charge is 2.19. The zero-order chi connectivity index (χ0) is 43.1. The third-order valence-corrected chi connectivity index (χ3v) is 12.1. The monoisotopic (exact) mass is 833 g/mol. The molecular formula is C52H100N2O5. The summed E-state index contributed by atoms with van der Waals surface area (Å²) in [6.07, 6.45) is 54.1. The highest BCUT2D eigenvalue weighted by molar-refractivity contribution is 5.83. The maximum atomic E-state index is 12.9. The molecule has 0 fully saturated rings. The third-order valence-electron chi connectivity index (χ3n) is 12.1. The summed E-state index contributed by atoms with van der Waals surface area (Å²) in [7, 11) is 0. The number of rotatable bonds is 48. The van der Waals surface area contributed by atoms with Crippen LogP contribution in [0, 0.1) is 0 Å². The molecule has 0 aliphatic rings. The Labute approximate surface area is 366 Å². The van der Waals surface area contributed by atoms with Gasteiger partial charge in [0.2, 0.25) is 5.91 Å². The summed E-state index contributed by atoms with van der Waals surface area (Å²) in [6, 6.07) is -0.854. The first-order valence-electron chi connectivity index (χ1n) is 26.0. The number of aliphatic carboxylic acids is 1. The molecule has 0 aliphatic carbocycles. The van der Waals surface area contributed by atoms with E-state index in [9.17, 15) is 19.5 Å². The van der Waals surface area contributed by atoms with E-state index in [4.69, 9.17) is 10.5 Å². The molecule has 1 amide bonds. The van der Waals surface area contributed by atoms with Gasteiger partial charge in [-0.25, -0.2) is 4.79 Å². The van der Waals surface area contributed by atoms with Crippen LogP contribution in [0.1, 0.15) is 284 Å². The minimum Gasteiger partial charge on any atom is -0.480 e. The molecule has 7 heteroatoms. The van der Waals surface area contributed by atoms with Gasteiger partial charge in [0.25, 0.3) is 0 Å². The van der Waals surface area contributed by atoms with Gasteiger partial charge in [0, 0.05) is 12.8 Å². The summed E-state index contributed by atoms with van der Waals surface area (Å²) < 4.78 is 6.09. The van der Waals surface area contributed by atoms with E-state index >= 15 is 0 Å². The molecule has 0 aromatic heterocycles. The van der Waals surface area contributed by atoms with E-state index in [1.807, 2.05) is 0 Å². The van der Waals surface area contributed by atoms with Crippen molar-refractivity contribution in [1.82, 2.24) is 5.32 Å². The van der Waals surface area contributed by atoms with Crippen LogP contribution in [-0.2, 0) is 19.1 Å².